The molecule has 0 amide bonds. The Morgan fingerprint density at radius 3 is 2.41 bits per heavy atom. The molecule has 1 aromatic carbocycles. The van der Waals surface area contributed by atoms with Crippen molar-refractivity contribution in [1.29, 1.82) is 0 Å². The number of aliphatic carboxylic acids is 1. The van der Waals surface area contributed by atoms with Gasteiger partial charge in [-0.25, -0.2) is 4.39 Å². The van der Waals surface area contributed by atoms with Gasteiger partial charge in [-0.15, -0.1) is 0 Å². The molecule has 0 aromatic heterocycles. The summed E-state index contributed by atoms with van der Waals surface area (Å²) in [5, 5.41) is 9.27. The van der Waals surface area contributed by atoms with Crippen LogP contribution >= 0.6 is 0 Å². The van der Waals surface area contributed by atoms with Crippen LogP contribution in [0.1, 0.15) is 24.8 Å². The zero-order valence-corrected chi connectivity index (χ0v) is 10.0. The van der Waals surface area contributed by atoms with Crippen molar-refractivity contribution < 1.29 is 14.3 Å². The van der Waals surface area contributed by atoms with Crippen LogP contribution in [-0.4, -0.2) is 25.2 Å². The molecule has 0 saturated heterocycles. The van der Waals surface area contributed by atoms with Crippen molar-refractivity contribution in [2.24, 2.45) is 0 Å². The molecule has 0 heterocycles. The van der Waals surface area contributed by atoms with Crippen molar-refractivity contribution in [2.45, 2.75) is 24.7 Å². The van der Waals surface area contributed by atoms with Gasteiger partial charge in [-0.2, -0.15) is 0 Å². The van der Waals surface area contributed by atoms with E-state index < -0.39 is 11.4 Å². The molecule has 1 aromatic rings. The summed E-state index contributed by atoms with van der Waals surface area (Å²) in [5.41, 5.74) is 0.207. The number of rotatable bonds is 3. The van der Waals surface area contributed by atoms with Crippen molar-refractivity contribution in [1.82, 2.24) is 0 Å². The standard InChI is InChI=1S/C13H16FNO2/c1-15(2)11-5-4-9(8-10(11)14)13(12(16)17)6-3-7-13/h4-5,8H,3,6-7H2,1-2H3,(H,16,17). The zero-order valence-electron chi connectivity index (χ0n) is 10.0. The molecule has 1 fully saturated rings. The van der Waals surface area contributed by atoms with Crippen LogP contribution in [0.25, 0.3) is 0 Å². The zero-order chi connectivity index (χ0) is 12.6. The minimum atomic E-state index is -0.855. The molecule has 92 valence electrons. The van der Waals surface area contributed by atoms with E-state index >= 15 is 0 Å². The molecule has 0 radical (unpaired) electrons. The predicted molar refractivity (Wildman–Crippen MR) is 63.9 cm³/mol. The summed E-state index contributed by atoms with van der Waals surface area (Å²) < 4.78 is 13.8. The monoisotopic (exact) mass is 237 g/mol. The van der Waals surface area contributed by atoms with E-state index in [1.807, 2.05) is 0 Å². The molecular weight excluding hydrogens is 221 g/mol. The molecule has 0 atom stereocenters. The first-order chi connectivity index (χ1) is 7.97. The summed E-state index contributed by atoms with van der Waals surface area (Å²) in [5.74, 6) is -1.21. The van der Waals surface area contributed by atoms with E-state index in [9.17, 15) is 14.3 Å². The van der Waals surface area contributed by atoms with Gasteiger partial charge >= 0.3 is 5.97 Å². The number of carboxylic acid groups (broad SMARTS) is 1. The Kier molecular flexibility index (Phi) is 2.81. The lowest BCUT2D eigenvalue weighted by atomic mass is 9.64. The van der Waals surface area contributed by atoms with Gasteiger partial charge in [0.15, 0.2) is 0 Å². The van der Waals surface area contributed by atoms with E-state index in [2.05, 4.69) is 0 Å². The van der Waals surface area contributed by atoms with Gasteiger partial charge in [-0.1, -0.05) is 12.5 Å². The van der Waals surface area contributed by atoms with Gasteiger partial charge in [-0.3, -0.25) is 4.79 Å². The Hall–Kier alpha value is -1.58. The van der Waals surface area contributed by atoms with Crippen LogP contribution in [0.3, 0.4) is 0 Å². The number of carbonyl (C=O) groups is 1. The van der Waals surface area contributed by atoms with E-state index in [0.29, 0.717) is 24.1 Å². The number of anilines is 1. The largest absolute Gasteiger partial charge is 0.481 e. The highest BCUT2D eigenvalue weighted by Crippen LogP contribution is 2.44. The summed E-state index contributed by atoms with van der Waals surface area (Å²) in [6.45, 7) is 0. The van der Waals surface area contributed by atoms with E-state index in [-0.39, 0.29) is 5.82 Å². The van der Waals surface area contributed by atoms with Crippen molar-refractivity contribution in [3.8, 4) is 0 Å². The molecule has 0 spiro atoms. The summed E-state index contributed by atoms with van der Waals surface area (Å²) in [6, 6.07) is 4.74. The lowest BCUT2D eigenvalue weighted by molar-refractivity contribution is -0.147. The lowest BCUT2D eigenvalue weighted by Crippen LogP contribution is -2.42. The second kappa shape index (κ2) is 4.02. The predicted octanol–water partition coefficient (Wildman–Crippen LogP) is 2.40. The number of benzene rings is 1. The SMILES string of the molecule is CN(C)c1ccc(C2(C(=O)O)CCC2)cc1F. The Labute approximate surface area is 99.9 Å². The lowest BCUT2D eigenvalue weighted by Gasteiger charge is -2.38. The van der Waals surface area contributed by atoms with E-state index in [1.54, 1.807) is 31.1 Å². The van der Waals surface area contributed by atoms with Crippen molar-refractivity contribution in [3.05, 3.63) is 29.6 Å². The Balaban J connectivity index is 2.41. The Morgan fingerprint density at radius 2 is 2.06 bits per heavy atom. The summed E-state index contributed by atoms with van der Waals surface area (Å²) in [6.07, 6.45) is 2.09. The maximum atomic E-state index is 13.8. The smallest absolute Gasteiger partial charge is 0.314 e. The number of carboxylic acids is 1. The van der Waals surface area contributed by atoms with Crippen LogP contribution in [0.15, 0.2) is 18.2 Å². The molecule has 0 aliphatic heterocycles. The summed E-state index contributed by atoms with van der Waals surface area (Å²) in [4.78, 5) is 13.0. The Morgan fingerprint density at radius 1 is 1.41 bits per heavy atom. The van der Waals surface area contributed by atoms with E-state index in [4.69, 9.17) is 0 Å². The molecular formula is C13H16FNO2. The third-order valence-corrected chi connectivity index (χ3v) is 3.60. The van der Waals surface area contributed by atoms with Crippen LogP contribution in [-0.2, 0) is 10.2 Å². The summed E-state index contributed by atoms with van der Waals surface area (Å²) >= 11 is 0. The molecule has 1 saturated carbocycles. The minimum Gasteiger partial charge on any atom is -0.481 e. The molecule has 17 heavy (non-hydrogen) atoms. The maximum absolute atomic E-state index is 13.8. The first kappa shape index (κ1) is 11.9. The summed E-state index contributed by atoms with van der Waals surface area (Å²) in [7, 11) is 3.52. The quantitative estimate of drug-likeness (QED) is 0.877. The van der Waals surface area contributed by atoms with Gasteiger partial charge in [0.1, 0.15) is 5.82 Å². The molecule has 0 bridgehead atoms. The molecule has 2 rings (SSSR count). The van der Waals surface area contributed by atoms with Gasteiger partial charge in [0.05, 0.1) is 11.1 Å². The van der Waals surface area contributed by atoms with Crippen LogP contribution < -0.4 is 4.90 Å². The fourth-order valence-electron chi connectivity index (χ4n) is 2.32. The highest BCUT2D eigenvalue weighted by Gasteiger charge is 2.46. The van der Waals surface area contributed by atoms with Crippen LogP contribution in [0.4, 0.5) is 10.1 Å². The van der Waals surface area contributed by atoms with Crippen molar-refractivity contribution in [2.75, 3.05) is 19.0 Å². The molecule has 0 unspecified atom stereocenters. The molecule has 1 aliphatic carbocycles. The number of nitrogens with zero attached hydrogens (tertiary/aromatic N) is 1. The van der Waals surface area contributed by atoms with E-state index in [0.717, 1.165) is 6.42 Å². The number of hydrogen-bond acceptors (Lipinski definition) is 2. The van der Waals surface area contributed by atoms with Gasteiger partial charge in [0, 0.05) is 14.1 Å². The highest BCUT2D eigenvalue weighted by atomic mass is 19.1. The van der Waals surface area contributed by atoms with Gasteiger partial charge in [-0.05, 0) is 30.5 Å². The second-order valence-corrected chi connectivity index (χ2v) is 4.80. The third-order valence-electron chi connectivity index (χ3n) is 3.60. The first-order valence-corrected chi connectivity index (χ1v) is 5.68. The molecule has 1 N–H and O–H groups in total. The average Bonchev–Trinajstić information content (AvgIpc) is 2.14. The maximum Gasteiger partial charge on any atom is 0.314 e. The molecule has 1 aliphatic rings. The van der Waals surface area contributed by atoms with Gasteiger partial charge in [0.2, 0.25) is 0 Å². The second-order valence-electron chi connectivity index (χ2n) is 4.80. The van der Waals surface area contributed by atoms with Crippen LogP contribution in [0.5, 0.6) is 0 Å². The van der Waals surface area contributed by atoms with Crippen LogP contribution in [0.2, 0.25) is 0 Å². The van der Waals surface area contributed by atoms with Crippen molar-refractivity contribution in [3.63, 3.8) is 0 Å². The fraction of sp³-hybridized carbons (Fsp3) is 0.462. The normalized spacial score (nSPS) is 17.4. The third kappa shape index (κ3) is 1.77. The van der Waals surface area contributed by atoms with Gasteiger partial charge < -0.3 is 10.0 Å². The number of halogens is 1. The van der Waals surface area contributed by atoms with Crippen molar-refractivity contribution >= 4 is 11.7 Å². The molecule has 4 heteroatoms. The Bertz CT molecular complexity index is 453. The minimum absolute atomic E-state index is 0.361. The number of hydrogen-bond donors (Lipinski definition) is 1. The topological polar surface area (TPSA) is 40.5 Å². The fourth-order valence-corrected chi connectivity index (χ4v) is 2.32. The van der Waals surface area contributed by atoms with E-state index in [1.165, 1.54) is 6.07 Å². The first-order valence-electron chi connectivity index (χ1n) is 5.68. The molecule has 3 nitrogen and oxygen atoms in total. The van der Waals surface area contributed by atoms with Gasteiger partial charge in [0.25, 0.3) is 0 Å². The average molecular weight is 237 g/mol. The van der Waals surface area contributed by atoms with Crippen LogP contribution in [0, 0.1) is 5.82 Å². The highest BCUT2D eigenvalue weighted by molar-refractivity contribution is 5.82.